The lowest BCUT2D eigenvalue weighted by molar-refractivity contribution is -0.127. The quantitative estimate of drug-likeness (QED) is 0.913. The Hall–Kier alpha value is -0.880. The molecule has 2 amide bonds. The number of rotatable bonds is 3. The molecule has 1 heterocycles. The van der Waals surface area contributed by atoms with Gasteiger partial charge in [-0.25, -0.2) is 0 Å². The van der Waals surface area contributed by atoms with E-state index in [1.165, 1.54) is 16.2 Å². The molecule has 0 saturated heterocycles. The van der Waals surface area contributed by atoms with Crippen molar-refractivity contribution in [2.45, 2.75) is 0 Å². The van der Waals surface area contributed by atoms with Gasteiger partial charge in [-0.05, 0) is 27.4 Å². The largest absolute Gasteiger partial charge is 0.347 e. The van der Waals surface area contributed by atoms with Crippen LogP contribution in [0.25, 0.3) is 0 Å². The Morgan fingerprint density at radius 3 is 2.67 bits per heavy atom. The normalized spacial score (nSPS) is 9.80. The van der Waals surface area contributed by atoms with E-state index in [9.17, 15) is 9.59 Å². The number of thiophene rings is 1. The molecule has 0 unspecified atom stereocenters. The van der Waals surface area contributed by atoms with E-state index < -0.39 is 0 Å². The van der Waals surface area contributed by atoms with Gasteiger partial charge in [0.15, 0.2) is 0 Å². The lowest BCUT2D eigenvalue weighted by Gasteiger charge is -2.10. The van der Waals surface area contributed by atoms with Gasteiger partial charge in [0.1, 0.15) is 4.88 Å². The monoisotopic (exact) mass is 290 g/mol. The second-order valence-corrected chi connectivity index (χ2v) is 4.84. The molecule has 1 N–H and O–H groups in total. The summed E-state index contributed by atoms with van der Waals surface area (Å²) in [6.07, 6.45) is 0. The van der Waals surface area contributed by atoms with Gasteiger partial charge < -0.3 is 10.2 Å². The zero-order chi connectivity index (χ0) is 11.4. The van der Waals surface area contributed by atoms with Gasteiger partial charge in [0.2, 0.25) is 5.91 Å². The molecule has 0 bridgehead atoms. The van der Waals surface area contributed by atoms with E-state index in [1.807, 2.05) is 5.38 Å². The van der Waals surface area contributed by atoms with Crippen LogP contribution in [0.2, 0.25) is 0 Å². The number of carbonyl (C=O) groups is 2. The summed E-state index contributed by atoms with van der Waals surface area (Å²) in [5.74, 6) is -0.358. The minimum atomic E-state index is -0.230. The Balaban J connectivity index is 2.51. The Bertz CT molecular complexity index is 376. The first kappa shape index (κ1) is 12.2. The smallest absolute Gasteiger partial charge is 0.262 e. The lowest BCUT2D eigenvalue weighted by Crippen LogP contribution is -2.36. The molecular formula is C9H11BrN2O2S. The van der Waals surface area contributed by atoms with Crippen LogP contribution in [-0.2, 0) is 4.79 Å². The molecule has 0 aliphatic heterocycles. The van der Waals surface area contributed by atoms with Gasteiger partial charge in [-0.1, -0.05) is 0 Å². The molecule has 0 saturated carbocycles. The third-order valence-electron chi connectivity index (χ3n) is 1.72. The van der Waals surface area contributed by atoms with Crippen molar-refractivity contribution in [3.63, 3.8) is 0 Å². The van der Waals surface area contributed by atoms with Crippen LogP contribution >= 0.6 is 27.3 Å². The average molecular weight is 291 g/mol. The van der Waals surface area contributed by atoms with Crippen molar-refractivity contribution in [2.24, 2.45) is 0 Å². The zero-order valence-corrected chi connectivity index (χ0v) is 10.8. The summed E-state index contributed by atoms with van der Waals surface area (Å²) in [7, 11) is 3.30. The Labute approximate surface area is 100 Å². The fourth-order valence-corrected chi connectivity index (χ4v) is 2.32. The van der Waals surface area contributed by atoms with Crippen LogP contribution in [0.5, 0.6) is 0 Å². The van der Waals surface area contributed by atoms with E-state index in [0.29, 0.717) is 4.88 Å². The summed E-state index contributed by atoms with van der Waals surface area (Å²) in [5, 5.41) is 4.37. The standard InChI is InChI=1S/C9H11BrN2O2S/c1-12(2)7(13)5-11-9(14)8-6(10)3-4-15-8/h3-4H,5H2,1-2H3,(H,11,14). The minimum absolute atomic E-state index is 0.0240. The fraction of sp³-hybridized carbons (Fsp3) is 0.333. The molecule has 0 aromatic carbocycles. The zero-order valence-electron chi connectivity index (χ0n) is 8.41. The van der Waals surface area contributed by atoms with Crippen LogP contribution < -0.4 is 5.32 Å². The number of nitrogens with one attached hydrogen (secondary N) is 1. The molecule has 0 aliphatic rings. The van der Waals surface area contributed by atoms with Gasteiger partial charge in [0, 0.05) is 18.6 Å². The first-order valence-corrected chi connectivity index (χ1v) is 5.91. The highest BCUT2D eigenvalue weighted by molar-refractivity contribution is 9.10. The molecule has 15 heavy (non-hydrogen) atoms. The second kappa shape index (κ2) is 5.27. The van der Waals surface area contributed by atoms with Gasteiger partial charge in [0.05, 0.1) is 6.54 Å². The molecule has 82 valence electrons. The number of likely N-dealkylation sites (N-methyl/N-ethyl adjacent to an activating group) is 1. The van der Waals surface area contributed by atoms with Crippen LogP contribution in [0.15, 0.2) is 15.9 Å². The maximum Gasteiger partial charge on any atom is 0.262 e. The Morgan fingerprint density at radius 2 is 2.20 bits per heavy atom. The van der Waals surface area contributed by atoms with Gasteiger partial charge >= 0.3 is 0 Å². The predicted molar refractivity (Wildman–Crippen MR) is 63.0 cm³/mol. The van der Waals surface area contributed by atoms with Crippen LogP contribution in [-0.4, -0.2) is 37.4 Å². The van der Waals surface area contributed by atoms with Crippen LogP contribution in [0.3, 0.4) is 0 Å². The maximum atomic E-state index is 11.6. The first-order chi connectivity index (χ1) is 7.02. The van der Waals surface area contributed by atoms with Crippen LogP contribution in [0.1, 0.15) is 9.67 Å². The van der Waals surface area contributed by atoms with E-state index >= 15 is 0 Å². The van der Waals surface area contributed by atoms with Crippen molar-refractivity contribution in [3.05, 3.63) is 20.8 Å². The third-order valence-corrected chi connectivity index (χ3v) is 3.56. The topological polar surface area (TPSA) is 49.4 Å². The lowest BCUT2D eigenvalue weighted by atomic mass is 10.4. The highest BCUT2D eigenvalue weighted by Crippen LogP contribution is 2.22. The molecule has 0 aliphatic carbocycles. The molecule has 0 radical (unpaired) electrons. The van der Waals surface area contributed by atoms with Crippen molar-refractivity contribution in [2.75, 3.05) is 20.6 Å². The fourth-order valence-electron chi connectivity index (χ4n) is 0.850. The molecule has 0 fully saturated rings. The number of hydrogen-bond acceptors (Lipinski definition) is 3. The third kappa shape index (κ3) is 3.32. The number of amides is 2. The molecular weight excluding hydrogens is 280 g/mol. The number of carbonyl (C=O) groups excluding carboxylic acids is 2. The average Bonchev–Trinajstić information content (AvgIpc) is 2.60. The first-order valence-electron chi connectivity index (χ1n) is 4.23. The Morgan fingerprint density at radius 1 is 1.53 bits per heavy atom. The summed E-state index contributed by atoms with van der Waals surface area (Å²) < 4.78 is 0.752. The van der Waals surface area contributed by atoms with E-state index in [0.717, 1.165) is 4.47 Å². The number of halogens is 1. The number of hydrogen-bond donors (Lipinski definition) is 1. The second-order valence-electron chi connectivity index (χ2n) is 3.07. The maximum absolute atomic E-state index is 11.6. The number of nitrogens with zero attached hydrogens (tertiary/aromatic N) is 1. The van der Waals surface area contributed by atoms with Crippen LogP contribution in [0, 0.1) is 0 Å². The molecule has 0 atom stereocenters. The van der Waals surface area contributed by atoms with E-state index in [4.69, 9.17) is 0 Å². The van der Waals surface area contributed by atoms with Crippen molar-refractivity contribution < 1.29 is 9.59 Å². The van der Waals surface area contributed by atoms with Crippen molar-refractivity contribution in [1.82, 2.24) is 10.2 Å². The molecule has 4 nitrogen and oxygen atoms in total. The van der Waals surface area contributed by atoms with Gasteiger partial charge in [-0.15, -0.1) is 11.3 Å². The molecule has 1 rings (SSSR count). The highest BCUT2D eigenvalue weighted by Gasteiger charge is 2.12. The van der Waals surface area contributed by atoms with Gasteiger partial charge in [-0.3, -0.25) is 9.59 Å². The SMILES string of the molecule is CN(C)C(=O)CNC(=O)c1sccc1Br. The summed E-state index contributed by atoms with van der Waals surface area (Å²) in [6.45, 7) is 0.0240. The van der Waals surface area contributed by atoms with Gasteiger partial charge in [-0.2, -0.15) is 0 Å². The molecule has 1 aromatic heterocycles. The van der Waals surface area contributed by atoms with Crippen molar-refractivity contribution in [1.29, 1.82) is 0 Å². The molecule has 1 aromatic rings. The predicted octanol–water partition coefficient (Wildman–Crippen LogP) is 1.33. The van der Waals surface area contributed by atoms with Crippen LogP contribution in [0.4, 0.5) is 0 Å². The van der Waals surface area contributed by atoms with E-state index in [-0.39, 0.29) is 18.4 Å². The van der Waals surface area contributed by atoms with E-state index in [1.54, 1.807) is 20.2 Å². The van der Waals surface area contributed by atoms with Crippen molar-refractivity contribution >= 4 is 39.1 Å². The summed E-state index contributed by atoms with van der Waals surface area (Å²) >= 11 is 4.59. The summed E-state index contributed by atoms with van der Waals surface area (Å²) in [5.41, 5.74) is 0. The Kier molecular flexibility index (Phi) is 4.28. The minimum Gasteiger partial charge on any atom is -0.347 e. The highest BCUT2D eigenvalue weighted by atomic mass is 79.9. The molecule has 6 heteroatoms. The van der Waals surface area contributed by atoms with Crippen molar-refractivity contribution in [3.8, 4) is 0 Å². The molecule has 0 spiro atoms. The van der Waals surface area contributed by atoms with E-state index in [2.05, 4.69) is 21.2 Å². The van der Waals surface area contributed by atoms with Gasteiger partial charge in [0.25, 0.3) is 5.91 Å². The summed E-state index contributed by atoms with van der Waals surface area (Å²) in [6, 6.07) is 1.80. The summed E-state index contributed by atoms with van der Waals surface area (Å²) in [4.78, 5) is 24.8.